The Morgan fingerprint density at radius 3 is 2.45 bits per heavy atom. The summed E-state index contributed by atoms with van der Waals surface area (Å²) in [5.74, 6) is -0.897. The second-order valence-electron chi connectivity index (χ2n) is 4.83. The van der Waals surface area contributed by atoms with Gasteiger partial charge in [-0.15, -0.1) is 0 Å². The number of amides is 2. The van der Waals surface area contributed by atoms with Gasteiger partial charge in [-0.3, -0.25) is 14.9 Å². The van der Waals surface area contributed by atoms with Gasteiger partial charge in [-0.1, -0.05) is 48.5 Å². The molecular weight excluding hydrogens is 276 g/mol. The molecule has 108 valence electrons. The molecule has 0 aliphatic rings. The Labute approximate surface area is 127 Å². The number of rotatable bonds is 3. The van der Waals surface area contributed by atoms with Crippen molar-refractivity contribution in [3.8, 4) is 0 Å². The number of benzene rings is 2. The van der Waals surface area contributed by atoms with Crippen molar-refractivity contribution >= 4 is 28.8 Å². The lowest BCUT2D eigenvalue weighted by Gasteiger charge is -1.98. The zero-order chi connectivity index (χ0) is 15.4. The van der Waals surface area contributed by atoms with Crippen molar-refractivity contribution in [3.05, 3.63) is 78.0 Å². The number of aromatic nitrogens is 1. The summed E-state index contributed by atoms with van der Waals surface area (Å²) in [7, 11) is 0. The molecule has 0 fully saturated rings. The topological polar surface area (TPSA) is 62.0 Å². The summed E-state index contributed by atoms with van der Waals surface area (Å²) in [6, 6.07) is 18.7. The second kappa shape index (κ2) is 6.10. The minimum Gasteiger partial charge on any atom is -0.351 e. The molecule has 0 bridgehead atoms. The molecule has 0 saturated carbocycles. The molecule has 22 heavy (non-hydrogen) atoms. The fourth-order valence-electron chi connectivity index (χ4n) is 2.15. The summed E-state index contributed by atoms with van der Waals surface area (Å²) >= 11 is 0. The summed E-state index contributed by atoms with van der Waals surface area (Å²) in [5, 5.41) is 3.26. The Bertz CT molecular complexity index is 815. The summed E-state index contributed by atoms with van der Waals surface area (Å²) < 4.78 is 0. The third-order valence-electron chi connectivity index (χ3n) is 3.24. The highest BCUT2D eigenvalue weighted by atomic mass is 16.2. The Balaban J connectivity index is 1.68. The fourth-order valence-corrected chi connectivity index (χ4v) is 2.15. The number of aromatic amines is 1. The second-order valence-corrected chi connectivity index (χ2v) is 4.83. The van der Waals surface area contributed by atoms with Crippen LogP contribution in [0.3, 0.4) is 0 Å². The van der Waals surface area contributed by atoms with Crippen LogP contribution in [0.5, 0.6) is 0 Å². The van der Waals surface area contributed by atoms with Crippen molar-refractivity contribution in [2.24, 2.45) is 0 Å². The van der Waals surface area contributed by atoms with Crippen LogP contribution in [-0.4, -0.2) is 16.8 Å². The number of fused-ring (bicyclic) bond motifs is 1. The number of carbonyl (C=O) groups is 2. The highest BCUT2D eigenvalue weighted by Crippen LogP contribution is 2.14. The molecule has 0 aliphatic carbocycles. The molecule has 0 aliphatic heterocycles. The predicted octanol–water partition coefficient (Wildman–Crippen LogP) is 3.14. The normalized spacial score (nSPS) is 10.9. The molecule has 4 heteroatoms. The molecule has 0 saturated heterocycles. The Hall–Kier alpha value is -3.14. The quantitative estimate of drug-likeness (QED) is 0.728. The van der Waals surface area contributed by atoms with Gasteiger partial charge in [0, 0.05) is 17.0 Å². The van der Waals surface area contributed by atoms with E-state index in [-0.39, 0.29) is 0 Å². The third-order valence-corrected chi connectivity index (χ3v) is 3.24. The maximum atomic E-state index is 12.0. The first kappa shape index (κ1) is 13.8. The lowest BCUT2D eigenvalue weighted by molar-refractivity contribution is -0.115. The van der Waals surface area contributed by atoms with E-state index in [1.807, 2.05) is 54.6 Å². The minimum absolute atomic E-state index is 0.364. The average molecular weight is 290 g/mol. The van der Waals surface area contributed by atoms with E-state index in [9.17, 15) is 9.59 Å². The zero-order valence-corrected chi connectivity index (χ0v) is 11.7. The number of carbonyl (C=O) groups excluding carboxylic acids is 2. The number of imide groups is 1. The van der Waals surface area contributed by atoms with Crippen molar-refractivity contribution in [1.29, 1.82) is 0 Å². The first-order valence-electron chi connectivity index (χ1n) is 6.88. The summed E-state index contributed by atoms with van der Waals surface area (Å²) in [4.78, 5) is 26.8. The van der Waals surface area contributed by atoms with Gasteiger partial charge in [0.05, 0.1) is 0 Å². The molecule has 0 atom stereocenters. The molecule has 2 amide bonds. The van der Waals surface area contributed by atoms with Gasteiger partial charge in [-0.05, 0) is 23.8 Å². The number of hydrogen-bond acceptors (Lipinski definition) is 2. The SMILES string of the molecule is O=C(C=Cc1ccccc1)NC(=O)c1cc2ccccc2[nH]1. The maximum absolute atomic E-state index is 12.0. The lowest BCUT2D eigenvalue weighted by Crippen LogP contribution is -2.28. The molecule has 0 radical (unpaired) electrons. The molecule has 3 rings (SSSR count). The van der Waals surface area contributed by atoms with Gasteiger partial charge in [-0.2, -0.15) is 0 Å². The largest absolute Gasteiger partial charge is 0.351 e. The van der Waals surface area contributed by atoms with Crippen molar-refractivity contribution in [2.75, 3.05) is 0 Å². The van der Waals surface area contributed by atoms with Crippen LogP contribution < -0.4 is 5.32 Å². The summed E-state index contributed by atoms with van der Waals surface area (Å²) in [5.41, 5.74) is 2.12. The Morgan fingerprint density at radius 2 is 1.68 bits per heavy atom. The van der Waals surface area contributed by atoms with Gasteiger partial charge in [0.25, 0.3) is 11.8 Å². The van der Waals surface area contributed by atoms with Crippen molar-refractivity contribution in [2.45, 2.75) is 0 Å². The van der Waals surface area contributed by atoms with Gasteiger partial charge in [0.2, 0.25) is 0 Å². The van der Waals surface area contributed by atoms with Crippen LogP contribution in [0.25, 0.3) is 17.0 Å². The van der Waals surface area contributed by atoms with Crippen LogP contribution in [0.15, 0.2) is 66.7 Å². The van der Waals surface area contributed by atoms with Crippen LogP contribution in [-0.2, 0) is 4.79 Å². The maximum Gasteiger partial charge on any atom is 0.274 e. The van der Waals surface area contributed by atoms with E-state index in [0.717, 1.165) is 16.5 Å². The molecular formula is C18H14N2O2. The Morgan fingerprint density at radius 1 is 0.955 bits per heavy atom. The standard InChI is InChI=1S/C18H14N2O2/c21-17(11-10-13-6-2-1-3-7-13)20-18(22)16-12-14-8-4-5-9-15(14)19-16/h1-12,19H,(H,20,21,22). The van der Waals surface area contributed by atoms with Crippen molar-refractivity contribution in [3.63, 3.8) is 0 Å². The summed E-state index contributed by atoms with van der Waals surface area (Å²) in [6.45, 7) is 0. The number of H-pyrrole nitrogens is 1. The van der Waals surface area contributed by atoms with E-state index in [4.69, 9.17) is 0 Å². The van der Waals surface area contributed by atoms with Gasteiger partial charge in [0.1, 0.15) is 5.69 Å². The van der Waals surface area contributed by atoms with E-state index in [0.29, 0.717) is 5.69 Å². The van der Waals surface area contributed by atoms with E-state index in [2.05, 4.69) is 10.3 Å². The first-order chi connectivity index (χ1) is 10.7. The molecule has 3 aromatic rings. The van der Waals surface area contributed by atoms with Crippen LogP contribution in [0.4, 0.5) is 0 Å². The zero-order valence-electron chi connectivity index (χ0n) is 11.7. The molecule has 2 N–H and O–H groups in total. The molecule has 0 spiro atoms. The van der Waals surface area contributed by atoms with Gasteiger partial charge in [0.15, 0.2) is 0 Å². The molecule has 0 unspecified atom stereocenters. The van der Waals surface area contributed by atoms with E-state index >= 15 is 0 Å². The highest BCUT2D eigenvalue weighted by Gasteiger charge is 2.11. The van der Waals surface area contributed by atoms with E-state index in [1.54, 1.807) is 12.1 Å². The number of nitrogens with one attached hydrogen (secondary N) is 2. The van der Waals surface area contributed by atoms with Crippen LogP contribution in [0, 0.1) is 0 Å². The molecule has 1 aromatic heterocycles. The van der Waals surface area contributed by atoms with Gasteiger partial charge >= 0.3 is 0 Å². The predicted molar refractivity (Wildman–Crippen MR) is 86.2 cm³/mol. The third kappa shape index (κ3) is 3.12. The van der Waals surface area contributed by atoms with E-state index in [1.165, 1.54) is 6.08 Å². The average Bonchev–Trinajstić information content (AvgIpc) is 2.98. The number of hydrogen-bond donors (Lipinski definition) is 2. The Kier molecular flexibility index (Phi) is 3.83. The lowest BCUT2D eigenvalue weighted by atomic mass is 10.2. The highest BCUT2D eigenvalue weighted by molar-refractivity contribution is 6.09. The number of para-hydroxylation sites is 1. The van der Waals surface area contributed by atoms with Crippen LogP contribution >= 0.6 is 0 Å². The van der Waals surface area contributed by atoms with Crippen LogP contribution in [0.1, 0.15) is 16.1 Å². The van der Waals surface area contributed by atoms with Gasteiger partial charge < -0.3 is 4.98 Å². The molecule has 2 aromatic carbocycles. The molecule has 1 heterocycles. The molecule has 4 nitrogen and oxygen atoms in total. The first-order valence-corrected chi connectivity index (χ1v) is 6.88. The van der Waals surface area contributed by atoms with E-state index < -0.39 is 11.8 Å². The summed E-state index contributed by atoms with van der Waals surface area (Å²) in [6.07, 6.45) is 3.00. The fraction of sp³-hybridized carbons (Fsp3) is 0. The van der Waals surface area contributed by atoms with Crippen molar-refractivity contribution in [1.82, 2.24) is 10.3 Å². The van der Waals surface area contributed by atoms with Crippen LogP contribution in [0.2, 0.25) is 0 Å². The van der Waals surface area contributed by atoms with Gasteiger partial charge in [-0.25, -0.2) is 0 Å². The minimum atomic E-state index is -0.451. The van der Waals surface area contributed by atoms with Crippen molar-refractivity contribution < 1.29 is 9.59 Å². The monoisotopic (exact) mass is 290 g/mol. The smallest absolute Gasteiger partial charge is 0.274 e.